The lowest BCUT2D eigenvalue weighted by atomic mass is 10.3. The van der Waals surface area contributed by atoms with Crippen LogP contribution in [0.5, 0.6) is 11.5 Å². The van der Waals surface area contributed by atoms with Gasteiger partial charge in [-0.15, -0.1) is 0 Å². The highest BCUT2D eigenvalue weighted by atomic mass is 32.2. The number of amides is 1. The van der Waals surface area contributed by atoms with Crippen molar-refractivity contribution in [3.8, 4) is 11.5 Å². The first-order chi connectivity index (χ1) is 10.9. The van der Waals surface area contributed by atoms with E-state index < -0.39 is 22.3 Å². The van der Waals surface area contributed by atoms with Gasteiger partial charge in [0.15, 0.2) is 11.5 Å². The highest BCUT2D eigenvalue weighted by molar-refractivity contribution is 7.86. The molecule has 1 saturated heterocycles. The second-order valence-electron chi connectivity index (χ2n) is 4.84. The number of nitrogens with zero attached hydrogens (tertiary/aromatic N) is 1. The number of hydrogen-bond acceptors (Lipinski definition) is 7. The minimum Gasteiger partial charge on any atom is -0.493 e. The number of methoxy groups -OCH3 is 1. The summed E-state index contributed by atoms with van der Waals surface area (Å²) in [5.41, 5.74) is 0. The summed E-state index contributed by atoms with van der Waals surface area (Å²) in [5.74, 6) is 0.806. The molecular formula is C14H19NO7S. The van der Waals surface area contributed by atoms with E-state index in [0.717, 1.165) is 7.11 Å². The molecule has 0 saturated carbocycles. The van der Waals surface area contributed by atoms with Gasteiger partial charge in [0.25, 0.3) is 10.1 Å². The smallest absolute Gasteiger partial charge is 0.410 e. The summed E-state index contributed by atoms with van der Waals surface area (Å²) in [6.07, 6.45) is -1.30. The molecule has 1 atom stereocenters. The summed E-state index contributed by atoms with van der Waals surface area (Å²) in [6, 6.07) is 7.16. The van der Waals surface area contributed by atoms with Crippen molar-refractivity contribution in [2.75, 3.05) is 39.7 Å². The van der Waals surface area contributed by atoms with Crippen LogP contribution < -0.4 is 9.47 Å². The van der Waals surface area contributed by atoms with Crippen LogP contribution in [-0.4, -0.2) is 65.2 Å². The van der Waals surface area contributed by atoms with E-state index in [9.17, 15) is 13.2 Å². The normalized spacial score (nSPS) is 17.9. The lowest BCUT2D eigenvalue weighted by Gasteiger charge is -2.15. The summed E-state index contributed by atoms with van der Waals surface area (Å²) < 4.78 is 42.8. The summed E-state index contributed by atoms with van der Waals surface area (Å²) in [7, 11) is -1.06. The second kappa shape index (κ2) is 7.51. The van der Waals surface area contributed by atoms with Crippen molar-refractivity contribution in [2.24, 2.45) is 0 Å². The van der Waals surface area contributed by atoms with Crippen LogP contribution in [0.1, 0.15) is 0 Å². The molecule has 0 aromatic heterocycles. The third-order valence-electron chi connectivity index (χ3n) is 3.28. The van der Waals surface area contributed by atoms with Crippen LogP contribution in [0.15, 0.2) is 24.3 Å². The molecule has 1 aliphatic rings. The summed E-state index contributed by atoms with van der Waals surface area (Å²) in [4.78, 5) is 13.1. The van der Waals surface area contributed by atoms with E-state index in [-0.39, 0.29) is 25.4 Å². The zero-order valence-corrected chi connectivity index (χ0v) is 13.7. The van der Waals surface area contributed by atoms with Crippen molar-refractivity contribution < 1.29 is 31.6 Å². The maximum atomic E-state index is 11.7. The molecule has 0 radical (unpaired) electrons. The number of hydrogen-bond donors (Lipinski definition) is 0. The third kappa shape index (κ3) is 4.73. The number of rotatable bonds is 8. The van der Waals surface area contributed by atoms with Crippen LogP contribution in [0.3, 0.4) is 0 Å². The van der Waals surface area contributed by atoms with Crippen LogP contribution >= 0.6 is 0 Å². The van der Waals surface area contributed by atoms with Crippen molar-refractivity contribution in [1.82, 2.24) is 4.90 Å². The SMILES string of the molecule is COc1ccccc1OCCN1C[C@H](CS(=O)(=O)OC)OC1=O. The summed E-state index contributed by atoms with van der Waals surface area (Å²) in [5, 5.41) is 0. The van der Waals surface area contributed by atoms with Crippen LogP contribution in [-0.2, 0) is 19.0 Å². The van der Waals surface area contributed by atoms with Gasteiger partial charge >= 0.3 is 6.09 Å². The monoisotopic (exact) mass is 345 g/mol. The predicted octanol–water partition coefficient (Wildman–Crippen LogP) is 0.871. The molecule has 0 unspecified atom stereocenters. The molecule has 1 fully saturated rings. The Balaban J connectivity index is 1.83. The first-order valence-electron chi connectivity index (χ1n) is 6.95. The molecule has 1 aliphatic heterocycles. The quantitative estimate of drug-likeness (QED) is 0.646. The highest BCUT2D eigenvalue weighted by Gasteiger charge is 2.34. The topological polar surface area (TPSA) is 91.4 Å². The van der Waals surface area contributed by atoms with Crippen LogP contribution in [0.4, 0.5) is 4.79 Å². The van der Waals surface area contributed by atoms with E-state index in [1.165, 1.54) is 4.90 Å². The average molecular weight is 345 g/mol. The van der Waals surface area contributed by atoms with E-state index in [1.54, 1.807) is 19.2 Å². The molecule has 128 valence electrons. The lowest BCUT2D eigenvalue weighted by molar-refractivity contribution is 0.135. The average Bonchev–Trinajstić information content (AvgIpc) is 2.86. The van der Waals surface area contributed by atoms with Gasteiger partial charge in [0.2, 0.25) is 0 Å². The number of carbonyl (C=O) groups is 1. The molecule has 1 amide bonds. The fraction of sp³-hybridized carbons (Fsp3) is 0.500. The van der Waals surface area contributed by atoms with Gasteiger partial charge in [-0.2, -0.15) is 8.42 Å². The van der Waals surface area contributed by atoms with Gasteiger partial charge in [0.05, 0.1) is 27.3 Å². The Morgan fingerprint density at radius 1 is 1.26 bits per heavy atom. The summed E-state index contributed by atoms with van der Waals surface area (Å²) in [6.45, 7) is 0.691. The lowest BCUT2D eigenvalue weighted by Crippen LogP contribution is -2.31. The van der Waals surface area contributed by atoms with E-state index in [2.05, 4.69) is 4.18 Å². The Hall–Kier alpha value is -2.00. The third-order valence-corrected chi connectivity index (χ3v) is 4.57. The van der Waals surface area contributed by atoms with Gasteiger partial charge in [-0.05, 0) is 12.1 Å². The number of ether oxygens (including phenoxy) is 3. The number of benzene rings is 1. The fourth-order valence-electron chi connectivity index (χ4n) is 2.14. The molecule has 1 aromatic rings. The first-order valence-corrected chi connectivity index (χ1v) is 8.52. The number of cyclic esters (lactones) is 1. The zero-order valence-electron chi connectivity index (χ0n) is 12.9. The first kappa shape index (κ1) is 17.4. The van der Waals surface area contributed by atoms with Gasteiger partial charge in [0.1, 0.15) is 18.5 Å². The van der Waals surface area contributed by atoms with Crippen molar-refractivity contribution >= 4 is 16.2 Å². The van der Waals surface area contributed by atoms with Gasteiger partial charge < -0.3 is 19.1 Å². The van der Waals surface area contributed by atoms with Crippen LogP contribution in [0.2, 0.25) is 0 Å². The van der Waals surface area contributed by atoms with E-state index >= 15 is 0 Å². The van der Waals surface area contributed by atoms with Gasteiger partial charge in [-0.1, -0.05) is 12.1 Å². The molecule has 0 N–H and O–H groups in total. The Kier molecular flexibility index (Phi) is 5.67. The van der Waals surface area contributed by atoms with Crippen molar-refractivity contribution in [2.45, 2.75) is 6.10 Å². The van der Waals surface area contributed by atoms with E-state index in [4.69, 9.17) is 14.2 Å². The second-order valence-corrected chi connectivity index (χ2v) is 6.62. The van der Waals surface area contributed by atoms with Gasteiger partial charge in [-0.25, -0.2) is 4.79 Å². The molecule has 1 aromatic carbocycles. The maximum Gasteiger partial charge on any atom is 0.410 e. The van der Waals surface area contributed by atoms with E-state index in [0.29, 0.717) is 11.5 Å². The Labute approximate surface area is 135 Å². The minimum atomic E-state index is -3.67. The maximum absolute atomic E-state index is 11.7. The molecule has 0 aliphatic carbocycles. The van der Waals surface area contributed by atoms with Crippen molar-refractivity contribution in [3.05, 3.63) is 24.3 Å². The number of para-hydroxylation sites is 2. The van der Waals surface area contributed by atoms with Crippen LogP contribution in [0.25, 0.3) is 0 Å². The standard InChI is InChI=1S/C14H19NO7S/c1-19-12-5-3-4-6-13(12)21-8-7-15-9-11(22-14(15)16)10-23(17,18)20-2/h3-6,11H,7-10H2,1-2H3/t11-/m1/s1. The van der Waals surface area contributed by atoms with Crippen molar-refractivity contribution in [1.29, 1.82) is 0 Å². The van der Waals surface area contributed by atoms with E-state index in [1.807, 2.05) is 12.1 Å². The van der Waals surface area contributed by atoms with Crippen LogP contribution in [0, 0.1) is 0 Å². The largest absolute Gasteiger partial charge is 0.493 e. The molecule has 9 heteroatoms. The number of carbonyl (C=O) groups excluding carboxylic acids is 1. The van der Waals surface area contributed by atoms with Gasteiger partial charge in [0, 0.05) is 0 Å². The highest BCUT2D eigenvalue weighted by Crippen LogP contribution is 2.25. The summed E-state index contributed by atoms with van der Waals surface area (Å²) >= 11 is 0. The van der Waals surface area contributed by atoms with Crippen molar-refractivity contribution in [3.63, 3.8) is 0 Å². The molecule has 8 nitrogen and oxygen atoms in total. The zero-order chi connectivity index (χ0) is 16.9. The Bertz CT molecular complexity index is 646. The molecule has 23 heavy (non-hydrogen) atoms. The molecule has 1 heterocycles. The molecule has 0 bridgehead atoms. The fourth-order valence-corrected chi connectivity index (χ4v) is 2.91. The van der Waals surface area contributed by atoms with Gasteiger partial charge in [-0.3, -0.25) is 4.18 Å². The molecule has 2 rings (SSSR count). The minimum absolute atomic E-state index is 0.177. The Morgan fingerprint density at radius 2 is 1.96 bits per heavy atom. The Morgan fingerprint density at radius 3 is 2.61 bits per heavy atom. The molecular weight excluding hydrogens is 326 g/mol. The predicted molar refractivity (Wildman–Crippen MR) is 81.1 cm³/mol. The molecule has 0 spiro atoms.